The normalized spacial score (nSPS) is 16.7. The minimum atomic E-state index is -3.85. The van der Waals surface area contributed by atoms with E-state index in [2.05, 4.69) is 4.98 Å². The van der Waals surface area contributed by atoms with Gasteiger partial charge in [0.05, 0.1) is 12.0 Å². The van der Waals surface area contributed by atoms with Crippen molar-refractivity contribution in [2.75, 3.05) is 23.9 Å². The number of furan rings is 1. The minimum Gasteiger partial charge on any atom is -0.451 e. The number of rotatable bonds is 5. The van der Waals surface area contributed by atoms with Crippen LogP contribution in [0, 0.1) is 0 Å². The third-order valence-electron chi connectivity index (χ3n) is 7.70. The molecule has 0 unspecified atom stereocenters. The van der Waals surface area contributed by atoms with Crippen molar-refractivity contribution in [1.82, 2.24) is 14.5 Å². The second kappa shape index (κ2) is 9.14. The molecule has 1 saturated heterocycles. The fourth-order valence-electron chi connectivity index (χ4n) is 5.58. The van der Waals surface area contributed by atoms with Crippen molar-refractivity contribution in [2.24, 2.45) is 12.8 Å². The Morgan fingerprint density at radius 3 is 2.53 bits per heavy atom. The van der Waals surface area contributed by atoms with E-state index in [0.29, 0.717) is 56.2 Å². The number of nitrogens with zero attached hydrogens (tertiary/aromatic N) is 4. The number of nitrogens with two attached hydrogens (primary N) is 1. The van der Waals surface area contributed by atoms with Gasteiger partial charge in [-0.2, -0.15) is 8.42 Å². The summed E-state index contributed by atoms with van der Waals surface area (Å²) >= 11 is 0. The van der Waals surface area contributed by atoms with Gasteiger partial charge in [-0.05, 0) is 42.2 Å². The van der Waals surface area contributed by atoms with Gasteiger partial charge in [0.1, 0.15) is 5.76 Å². The summed E-state index contributed by atoms with van der Waals surface area (Å²) in [6.45, 7) is 1.65. The number of sulfonamides is 1. The molecule has 0 saturated carbocycles. The van der Waals surface area contributed by atoms with Crippen LogP contribution in [0.15, 0.2) is 82.6 Å². The summed E-state index contributed by atoms with van der Waals surface area (Å²) in [5, 5.41) is 0.0190. The molecule has 9 nitrogen and oxygen atoms in total. The second-order valence-electron chi connectivity index (χ2n) is 10.0. The predicted molar refractivity (Wildman–Crippen MR) is 143 cm³/mol. The Morgan fingerprint density at radius 1 is 1.08 bits per heavy atom. The van der Waals surface area contributed by atoms with Crippen LogP contribution in [0.1, 0.15) is 34.5 Å². The molecule has 6 rings (SSSR count). The van der Waals surface area contributed by atoms with Crippen molar-refractivity contribution in [2.45, 2.75) is 29.8 Å². The van der Waals surface area contributed by atoms with E-state index >= 15 is 0 Å². The van der Waals surface area contributed by atoms with Crippen LogP contribution in [-0.4, -0.2) is 48.4 Å². The molecule has 0 aliphatic carbocycles. The van der Waals surface area contributed by atoms with Gasteiger partial charge in [-0.3, -0.25) is 9.10 Å². The molecule has 2 N–H and O–H groups in total. The van der Waals surface area contributed by atoms with Crippen LogP contribution in [0.25, 0.3) is 11.3 Å². The number of fused-ring (bicyclic) bond motifs is 2. The molecule has 0 radical (unpaired) electrons. The minimum absolute atomic E-state index is 0.0190. The van der Waals surface area contributed by atoms with Crippen LogP contribution in [0.5, 0.6) is 0 Å². The smallest absolute Gasteiger partial charge is 0.289 e. The molecule has 4 aromatic rings. The lowest BCUT2D eigenvalue weighted by Gasteiger charge is -2.39. The van der Waals surface area contributed by atoms with E-state index in [-0.39, 0.29) is 10.9 Å². The Bertz CT molecular complexity index is 1600. The molecule has 2 aromatic heterocycles. The average molecular weight is 532 g/mol. The highest BCUT2D eigenvalue weighted by Crippen LogP contribution is 2.49. The molecule has 2 aliphatic rings. The SMILES string of the molecule is Cn1cnc(S(=O)(=O)N2CC3(CCN(C(=O)c4ccc(-c5ccccc5)o4)CC3)c3cc(CN)ccc32)c1. The Labute approximate surface area is 221 Å². The number of hydrogen-bond donors (Lipinski definition) is 1. The molecular weight excluding hydrogens is 502 g/mol. The summed E-state index contributed by atoms with van der Waals surface area (Å²) in [4.78, 5) is 19.2. The van der Waals surface area contributed by atoms with E-state index in [0.717, 1.165) is 16.7 Å². The predicted octanol–water partition coefficient (Wildman–Crippen LogP) is 3.52. The van der Waals surface area contributed by atoms with E-state index in [4.69, 9.17) is 10.2 Å². The van der Waals surface area contributed by atoms with Gasteiger partial charge >= 0.3 is 0 Å². The standard InChI is InChI=1S/C28H29N5O4S/c1-31-17-26(30-19-31)38(35,36)33-18-28(22-15-20(16-29)7-8-23(22)33)11-13-32(14-12-28)27(34)25-10-9-24(37-25)21-5-3-2-4-6-21/h2-10,15,17,19H,11-14,16,18,29H2,1H3. The van der Waals surface area contributed by atoms with Gasteiger partial charge in [0.25, 0.3) is 15.9 Å². The van der Waals surface area contributed by atoms with E-state index in [1.54, 1.807) is 22.6 Å². The maximum Gasteiger partial charge on any atom is 0.289 e. The van der Waals surface area contributed by atoms with Gasteiger partial charge in [-0.15, -0.1) is 0 Å². The van der Waals surface area contributed by atoms with Crippen molar-refractivity contribution in [1.29, 1.82) is 0 Å². The Morgan fingerprint density at radius 2 is 1.84 bits per heavy atom. The monoisotopic (exact) mass is 531 g/mol. The van der Waals surface area contributed by atoms with Crippen LogP contribution < -0.4 is 10.0 Å². The molecule has 4 heterocycles. The fraction of sp³-hybridized carbons (Fsp3) is 0.286. The third-order valence-corrected chi connectivity index (χ3v) is 9.35. The number of hydrogen-bond acceptors (Lipinski definition) is 6. The van der Waals surface area contributed by atoms with Gasteiger partial charge in [-0.25, -0.2) is 4.98 Å². The first-order chi connectivity index (χ1) is 18.3. The maximum absolute atomic E-state index is 13.6. The molecule has 0 bridgehead atoms. The van der Waals surface area contributed by atoms with Crippen LogP contribution in [0.2, 0.25) is 0 Å². The van der Waals surface area contributed by atoms with Gasteiger partial charge < -0.3 is 19.6 Å². The summed E-state index contributed by atoms with van der Waals surface area (Å²) in [5.41, 5.74) is 9.01. The highest BCUT2D eigenvalue weighted by molar-refractivity contribution is 7.92. The number of imidazole rings is 1. The molecular formula is C28H29N5O4S. The highest BCUT2D eigenvalue weighted by Gasteiger charge is 2.49. The van der Waals surface area contributed by atoms with Gasteiger partial charge in [-0.1, -0.05) is 42.5 Å². The van der Waals surface area contributed by atoms with Crippen LogP contribution in [0.4, 0.5) is 5.69 Å². The zero-order chi connectivity index (χ0) is 26.5. The summed E-state index contributed by atoms with van der Waals surface area (Å²) in [5.74, 6) is 0.794. The summed E-state index contributed by atoms with van der Waals surface area (Å²) in [6, 6.07) is 18.9. The third kappa shape index (κ3) is 4.00. The largest absolute Gasteiger partial charge is 0.451 e. The van der Waals surface area contributed by atoms with Crippen LogP contribution >= 0.6 is 0 Å². The zero-order valence-electron chi connectivity index (χ0n) is 21.1. The average Bonchev–Trinajstić information content (AvgIpc) is 3.68. The molecule has 2 aliphatic heterocycles. The molecule has 2 aromatic carbocycles. The number of anilines is 1. The van der Waals surface area contributed by atoms with Gasteiger partial charge in [0.15, 0.2) is 10.8 Å². The second-order valence-corrected chi connectivity index (χ2v) is 11.9. The first kappa shape index (κ1) is 24.4. The number of aromatic nitrogens is 2. The molecule has 1 spiro atoms. The number of carbonyl (C=O) groups is 1. The lowest BCUT2D eigenvalue weighted by atomic mass is 9.74. The van der Waals surface area contributed by atoms with Crippen molar-refractivity contribution in [3.8, 4) is 11.3 Å². The Kier molecular flexibility index (Phi) is 5.88. The number of amides is 1. The first-order valence-corrected chi connectivity index (χ1v) is 14.0. The van der Waals surface area contributed by atoms with Crippen LogP contribution in [0.3, 0.4) is 0 Å². The molecule has 1 fully saturated rings. The number of benzene rings is 2. The number of likely N-dealkylation sites (tertiary alicyclic amines) is 1. The molecule has 0 atom stereocenters. The van der Waals surface area contributed by atoms with E-state index in [9.17, 15) is 13.2 Å². The topological polar surface area (TPSA) is 115 Å². The summed E-state index contributed by atoms with van der Waals surface area (Å²) < 4.78 is 36.2. The number of aryl methyl sites for hydroxylation is 1. The lowest BCUT2D eigenvalue weighted by Crippen LogP contribution is -2.47. The molecule has 1 amide bonds. The first-order valence-electron chi connectivity index (χ1n) is 12.6. The fourth-order valence-corrected chi connectivity index (χ4v) is 7.12. The van der Waals surface area contributed by atoms with E-state index in [1.807, 2.05) is 54.6 Å². The van der Waals surface area contributed by atoms with Crippen molar-refractivity contribution >= 4 is 21.6 Å². The molecule has 38 heavy (non-hydrogen) atoms. The zero-order valence-corrected chi connectivity index (χ0v) is 21.9. The number of carbonyl (C=O) groups excluding carboxylic acids is 1. The quantitative estimate of drug-likeness (QED) is 0.421. The van der Waals surface area contributed by atoms with Gasteiger partial charge in [0, 0.05) is 50.4 Å². The van der Waals surface area contributed by atoms with E-state index < -0.39 is 15.4 Å². The van der Waals surface area contributed by atoms with Crippen molar-refractivity contribution in [3.05, 3.63) is 90.1 Å². The van der Waals surface area contributed by atoms with E-state index in [1.165, 1.54) is 16.8 Å². The Hall–Kier alpha value is -3.89. The highest BCUT2D eigenvalue weighted by atomic mass is 32.2. The molecule has 10 heteroatoms. The summed E-state index contributed by atoms with van der Waals surface area (Å²) in [6.07, 6.45) is 4.25. The summed E-state index contributed by atoms with van der Waals surface area (Å²) in [7, 11) is -2.10. The van der Waals surface area contributed by atoms with Crippen molar-refractivity contribution in [3.63, 3.8) is 0 Å². The van der Waals surface area contributed by atoms with Gasteiger partial charge in [0.2, 0.25) is 0 Å². The lowest BCUT2D eigenvalue weighted by molar-refractivity contribution is 0.0644. The maximum atomic E-state index is 13.6. The molecule has 196 valence electrons. The number of piperidine rings is 1. The Balaban J connectivity index is 1.26. The van der Waals surface area contributed by atoms with Crippen molar-refractivity contribution < 1.29 is 17.6 Å². The van der Waals surface area contributed by atoms with Crippen LogP contribution in [-0.2, 0) is 29.0 Å².